The minimum atomic E-state index is -1.03. The lowest BCUT2D eigenvalue weighted by atomic mass is 9.83. The molecule has 1 saturated heterocycles. The van der Waals surface area contributed by atoms with Crippen molar-refractivity contribution in [3.05, 3.63) is 63.7 Å². The van der Waals surface area contributed by atoms with Crippen molar-refractivity contribution in [2.24, 2.45) is 11.8 Å². The zero-order valence-corrected chi connectivity index (χ0v) is 15.4. The van der Waals surface area contributed by atoms with Crippen LogP contribution in [0.15, 0.2) is 42.5 Å². The summed E-state index contributed by atoms with van der Waals surface area (Å²) < 4.78 is 15.5. The minimum Gasteiger partial charge on any atom is -0.493 e. The topological polar surface area (TPSA) is 105 Å². The second-order valence-corrected chi connectivity index (χ2v) is 6.39. The van der Waals surface area contributed by atoms with Gasteiger partial charge in [-0.2, -0.15) is 0 Å². The first-order valence-electron chi connectivity index (χ1n) is 8.61. The Bertz CT molecular complexity index is 925. The molecule has 0 saturated carbocycles. The predicted octanol–water partition coefficient (Wildman–Crippen LogP) is 2.83. The molecule has 0 unspecified atom stereocenters. The van der Waals surface area contributed by atoms with Crippen LogP contribution in [-0.4, -0.2) is 37.5 Å². The number of carbonyl (C=O) groups excluding carboxylic acids is 2. The molecular weight excluding hydrogens is 366 g/mol. The fraction of sp³-hybridized carbons (Fsp3) is 0.300. The van der Waals surface area contributed by atoms with Gasteiger partial charge >= 0.3 is 5.97 Å². The summed E-state index contributed by atoms with van der Waals surface area (Å²) in [6.07, 6.45) is 0.187. The average Bonchev–Trinajstić information content (AvgIpc) is 3.07. The van der Waals surface area contributed by atoms with Gasteiger partial charge < -0.3 is 14.2 Å². The molecule has 0 aromatic heterocycles. The first-order valence-corrected chi connectivity index (χ1v) is 8.61. The molecule has 1 fully saturated rings. The molecule has 0 radical (unpaired) electrons. The Morgan fingerprint density at radius 2 is 1.89 bits per heavy atom. The number of Topliss-reactive ketones (excluding diaryl/α,β-unsaturated/α-hetero) is 1. The van der Waals surface area contributed by atoms with Crippen molar-refractivity contribution in [3.8, 4) is 11.5 Å². The van der Waals surface area contributed by atoms with Gasteiger partial charge in [0.1, 0.15) is 5.92 Å². The molecule has 2 atom stereocenters. The molecule has 0 N–H and O–H groups in total. The summed E-state index contributed by atoms with van der Waals surface area (Å²) in [6.45, 7) is 0.0363. The Morgan fingerprint density at radius 3 is 2.57 bits per heavy atom. The van der Waals surface area contributed by atoms with E-state index in [1.165, 1.54) is 26.4 Å². The molecule has 1 heterocycles. The van der Waals surface area contributed by atoms with Crippen LogP contribution < -0.4 is 9.47 Å². The van der Waals surface area contributed by atoms with Crippen molar-refractivity contribution < 1.29 is 28.7 Å². The molecule has 146 valence electrons. The van der Waals surface area contributed by atoms with Crippen LogP contribution in [0.2, 0.25) is 0 Å². The van der Waals surface area contributed by atoms with Gasteiger partial charge in [0, 0.05) is 23.1 Å². The third kappa shape index (κ3) is 3.66. The van der Waals surface area contributed by atoms with E-state index in [-0.39, 0.29) is 24.3 Å². The number of carbonyl (C=O) groups is 2. The number of esters is 1. The van der Waals surface area contributed by atoms with Crippen molar-refractivity contribution in [1.29, 1.82) is 0 Å². The van der Waals surface area contributed by atoms with Crippen molar-refractivity contribution in [2.45, 2.75) is 6.42 Å². The number of cyclic esters (lactones) is 1. The van der Waals surface area contributed by atoms with Crippen molar-refractivity contribution >= 4 is 17.4 Å². The zero-order valence-electron chi connectivity index (χ0n) is 15.4. The van der Waals surface area contributed by atoms with Crippen LogP contribution in [0.1, 0.15) is 15.9 Å². The van der Waals surface area contributed by atoms with E-state index in [0.29, 0.717) is 17.1 Å². The number of benzene rings is 2. The number of nitro groups is 1. The molecule has 28 heavy (non-hydrogen) atoms. The highest BCUT2D eigenvalue weighted by atomic mass is 16.6. The van der Waals surface area contributed by atoms with E-state index in [9.17, 15) is 19.7 Å². The van der Waals surface area contributed by atoms with Crippen LogP contribution >= 0.6 is 0 Å². The number of methoxy groups -OCH3 is 2. The first kappa shape index (κ1) is 19.3. The smallest absolute Gasteiger partial charge is 0.317 e. The van der Waals surface area contributed by atoms with Crippen LogP contribution in [0.25, 0.3) is 0 Å². The molecule has 0 spiro atoms. The Hall–Kier alpha value is -3.42. The third-order valence-corrected chi connectivity index (χ3v) is 4.79. The van der Waals surface area contributed by atoms with Gasteiger partial charge in [-0.3, -0.25) is 19.7 Å². The predicted molar refractivity (Wildman–Crippen MR) is 98.6 cm³/mol. The van der Waals surface area contributed by atoms with Gasteiger partial charge in [0.15, 0.2) is 17.3 Å². The monoisotopic (exact) mass is 385 g/mol. The van der Waals surface area contributed by atoms with Gasteiger partial charge in [0.05, 0.1) is 25.7 Å². The standard InChI is InChI=1S/C20H19NO7/c1-26-16-8-7-13(10-17(16)27-2)19(22)18-14(11-28-20(18)23)9-12-5-3-4-6-15(12)21(24)25/h3-8,10,14,18H,9,11H2,1-2H3/t14-,18-/m0/s1. The van der Waals surface area contributed by atoms with Crippen LogP contribution in [0.4, 0.5) is 5.69 Å². The van der Waals surface area contributed by atoms with Crippen LogP contribution in [0, 0.1) is 22.0 Å². The van der Waals surface area contributed by atoms with Crippen molar-refractivity contribution in [2.75, 3.05) is 20.8 Å². The fourth-order valence-corrected chi connectivity index (χ4v) is 3.38. The second-order valence-electron chi connectivity index (χ2n) is 6.39. The third-order valence-electron chi connectivity index (χ3n) is 4.79. The van der Waals surface area contributed by atoms with Crippen molar-refractivity contribution in [1.82, 2.24) is 0 Å². The van der Waals surface area contributed by atoms with Crippen molar-refractivity contribution in [3.63, 3.8) is 0 Å². The number of rotatable bonds is 7. The lowest BCUT2D eigenvalue weighted by Gasteiger charge is -2.15. The molecule has 0 amide bonds. The van der Waals surface area contributed by atoms with E-state index in [2.05, 4.69) is 0 Å². The maximum Gasteiger partial charge on any atom is 0.317 e. The maximum absolute atomic E-state index is 13.0. The quantitative estimate of drug-likeness (QED) is 0.237. The van der Waals surface area contributed by atoms with Gasteiger partial charge in [-0.25, -0.2) is 0 Å². The molecule has 1 aliphatic rings. The van der Waals surface area contributed by atoms with Gasteiger partial charge in [0.25, 0.3) is 5.69 Å². The molecule has 2 aromatic carbocycles. The van der Waals surface area contributed by atoms with Crippen LogP contribution in [-0.2, 0) is 16.0 Å². The Balaban J connectivity index is 1.89. The van der Waals surface area contributed by atoms with Gasteiger partial charge in [-0.05, 0) is 24.6 Å². The highest BCUT2D eigenvalue weighted by Crippen LogP contribution is 2.34. The number of ether oxygens (including phenoxy) is 3. The van der Waals surface area contributed by atoms with E-state index in [0.717, 1.165) is 0 Å². The normalized spacial score (nSPS) is 18.4. The summed E-state index contributed by atoms with van der Waals surface area (Å²) in [5.74, 6) is -1.72. The van der Waals surface area contributed by atoms with Gasteiger partial charge in [0.2, 0.25) is 0 Å². The molecule has 1 aliphatic heterocycles. The number of ketones is 1. The number of nitrogens with zero attached hydrogens (tertiary/aromatic N) is 1. The van der Waals surface area contributed by atoms with E-state index in [1.807, 2.05) is 0 Å². The molecule has 3 rings (SSSR count). The van der Waals surface area contributed by atoms with Crippen LogP contribution in [0.3, 0.4) is 0 Å². The van der Waals surface area contributed by atoms with E-state index in [4.69, 9.17) is 14.2 Å². The Morgan fingerprint density at radius 1 is 1.18 bits per heavy atom. The highest BCUT2D eigenvalue weighted by Gasteiger charge is 2.43. The molecule has 2 aromatic rings. The van der Waals surface area contributed by atoms with Crippen LogP contribution in [0.5, 0.6) is 11.5 Å². The summed E-state index contributed by atoms with van der Waals surface area (Å²) in [5, 5.41) is 11.2. The summed E-state index contributed by atoms with van der Waals surface area (Å²) >= 11 is 0. The average molecular weight is 385 g/mol. The van der Waals surface area contributed by atoms with E-state index in [1.54, 1.807) is 30.3 Å². The summed E-state index contributed by atoms with van der Waals surface area (Å²) in [4.78, 5) is 36.0. The zero-order chi connectivity index (χ0) is 20.3. The molecule has 8 heteroatoms. The maximum atomic E-state index is 13.0. The summed E-state index contributed by atoms with van der Waals surface area (Å²) in [6, 6.07) is 10.9. The number of para-hydroxylation sites is 1. The largest absolute Gasteiger partial charge is 0.493 e. The number of nitro benzene ring substituents is 1. The Kier molecular flexibility index (Phi) is 5.58. The summed E-state index contributed by atoms with van der Waals surface area (Å²) in [7, 11) is 2.93. The molecular formula is C20H19NO7. The molecule has 0 aliphatic carbocycles. The van der Waals surface area contributed by atoms with Gasteiger partial charge in [-0.15, -0.1) is 0 Å². The SMILES string of the molecule is COc1ccc(C(=O)[C@H]2C(=O)OC[C@@H]2Cc2ccccc2[N+](=O)[O-])cc1OC. The fourth-order valence-electron chi connectivity index (χ4n) is 3.38. The summed E-state index contributed by atoms with van der Waals surface area (Å²) in [5.41, 5.74) is 0.703. The highest BCUT2D eigenvalue weighted by molar-refractivity contribution is 6.09. The Labute approximate surface area is 161 Å². The van der Waals surface area contributed by atoms with E-state index < -0.39 is 28.5 Å². The van der Waals surface area contributed by atoms with Gasteiger partial charge in [-0.1, -0.05) is 18.2 Å². The first-order chi connectivity index (χ1) is 13.5. The second kappa shape index (κ2) is 8.08. The molecule has 8 nitrogen and oxygen atoms in total. The number of hydrogen-bond donors (Lipinski definition) is 0. The minimum absolute atomic E-state index is 0.0363. The number of hydrogen-bond acceptors (Lipinski definition) is 7. The van der Waals surface area contributed by atoms with E-state index >= 15 is 0 Å². The lowest BCUT2D eigenvalue weighted by Crippen LogP contribution is -2.27. The lowest BCUT2D eigenvalue weighted by molar-refractivity contribution is -0.385. The molecule has 0 bridgehead atoms.